The Balaban J connectivity index is 1.95. The minimum absolute atomic E-state index is 0.280. The lowest BCUT2D eigenvalue weighted by atomic mass is 9.76. The molecular weight excluding hydrogens is 238 g/mol. The van der Waals surface area contributed by atoms with E-state index in [2.05, 4.69) is 29.1 Å². The van der Waals surface area contributed by atoms with Gasteiger partial charge in [0.15, 0.2) is 0 Å². The molecule has 1 heterocycles. The molecule has 106 valence electrons. The van der Waals surface area contributed by atoms with Crippen LogP contribution in [0.3, 0.4) is 0 Å². The first-order valence-electron chi connectivity index (χ1n) is 7.14. The SMILES string of the molecule is CNCc1cnc(OC2CCC(C)(C)CC2)nc1C. The largest absolute Gasteiger partial charge is 0.460 e. The van der Waals surface area contributed by atoms with Crippen LogP contribution in [0.25, 0.3) is 0 Å². The van der Waals surface area contributed by atoms with E-state index in [0.29, 0.717) is 11.4 Å². The van der Waals surface area contributed by atoms with Gasteiger partial charge in [-0.1, -0.05) is 13.8 Å². The molecule has 2 rings (SSSR count). The zero-order chi connectivity index (χ0) is 13.9. The first kappa shape index (κ1) is 14.3. The van der Waals surface area contributed by atoms with Crippen LogP contribution >= 0.6 is 0 Å². The van der Waals surface area contributed by atoms with E-state index < -0.39 is 0 Å². The number of nitrogens with zero attached hydrogens (tertiary/aromatic N) is 2. The van der Waals surface area contributed by atoms with E-state index in [1.54, 1.807) is 0 Å². The Kier molecular flexibility index (Phi) is 4.40. The van der Waals surface area contributed by atoms with E-state index in [0.717, 1.165) is 30.6 Å². The normalized spacial score (nSPS) is 19.4. The second-order valence-electron chi connectivity index (χ2n) is 6.27. The van der Waals surface area contributed by atoms with Crippen molar-refractivity contribution in [1.29, 1.82) is 0 Å². The summed E-state index contributed by atoms with van der Waals surface area (Å²) in [4.78, 5) is 8.76. The third-order valence-corrected chi connectivity index (χ3v) is 3.98. The van der Waals surface area contributed by atoms with Crippen LogP contribution in [0.4, 0.5) is 0 Å². The summed E-state index contributed by atoms with van der Waals surface area (Å²) in [6, 6.07) is 0.530. The molecule has 4 heteroatoms. The van der Waals surface area contributed by atoms with Crippen LogP contribution in [0, 0.1) is 12.3 Å². The van der Waals surface area contributed by atoms with Gasteiger partial charge in [0.05, 0.1) is 0 Å². The Hall–Kier alpha value is -1.16. The van der Waals surface area contributed by atoms with Gasteiger partial charge in [-0.05, 0) is 45.1 Å². The van der Waals surface area contributed by atoms with Gasteiger partial charge in [-0.15, -0.1) is 0 Å². The predicted molar refractivity (Wildman–Crippen MR) is 76.2 cm³/mol. The highest BCUT2D eigenvalue weighted by Gasteiger charge is 2.28. The maximum Gasteiger partial charge on any atom is 0.316 e. The minimum Gasteiger partial charge on any atom is -0.460 e. The zero-order valence-electron chi connectivity index (χ0n) is 12.5. The third kappa shape index (κ3) is 3.90. The molecule has 0 aromatic carbocycles. The Morgan fingerprint density at radius 1 is 1.37 bits per heavy atom. The van der Waals surface area contributed by atoms with Gasteiger partial charge in [0.2, 0.25) is 0 Å². The van der Waals surface area contributed by atoms with Crippen molar-refractivity contribution in [1.82, 2.24) is 15.3 Å². The Bertz CT molecular complexity index is 421. The molecule has 0 radical (unpaired) electrons. The van der Waals surface area contributed by atoms with Gasteiger partial charge in [0.1, 0.15) is 6.10 Å². The van der Waals surface area contributed by atoms with Crippen LogP contribution in [-0.4, -0.2) is 23.1 Å². The van der Waals surface area contributed by atoms with Gasteiger partial charge >= 0.3 is 6.01 Å². The molecule has 1 saturated carbocycles. The van der Waals surface area contributed by atoms with Crippen LogP contribution in [-0.2, 0) is 6.54 Å². The Morgan fingerprint density at radius 3 is 2.63 bits per heavy atom. The molecule has 1 fully saturated rings. The fourth-order valence-corrected chi connectivity index (χ4v) is 2.53. The van der Waals surface area contributed by atoms with Crippen molar-refractivity contribution in [2.24, 2.45) is 5.41 Å². The molecule has 0 spiro atoms. The quantitative estimate of drug-likeness (QED) is 0.907. The lowest BCUT2D eigenvalue weighted by molar-refractivity contribution is 0.0904. The third-order valence-electron chi connectivity index (χ3n) is 3.98. The number of aromatic nitrogens is 2. The summed E-state index contributed by atoms with van der Waals surface area (Å²) < 4.78 is 5.92. The average Bonchev–Trinajstić information content (AvgIpc) is 2.35. The second kappa shape index (κ2) is 5.87. The summed E-state index contributed by atoms with van der Waals surface area (Å²) in [6.45, 7) is 7.46. The molecule has 1 aliphatic carbocycles. The van der Waals surface area contributed by atoms with E-state index in [9.17, 15) is 0 Å². The van der Waals surface area contributed by atoms with Crippen LogP contribution in [0.1, 0.15) is 50.8 Å². The molecule has 0 unspecified atom stereocenters. The Morgan fingerprint density at radius 2 is 2.05 bits per heavy atom. The summed E-state index contributed by atoms with van der Waals surface area (Å²) in [5.74, 6) is 0. The molecule has 19 heavy (non-hydrogen) atoms. The van der Waals surface area contributed by atoms with Crippen molar-refractivity contribution in [2.75, 3.05) is 7.05 Å². The highest BCUT2D eigenvalue weighted by molar-refractivity contribution is 5.17. The number of hydrogen-bond donors (Lipinski definition) is 1. The maximum absolute atomic E-state index is 5.92. The average molecular weight is 263 g/mol. The lowest BCUT2D eigenvalue weighted by Crippen LogP contribution is -2.29. The molecule has 0 saturated heterocycles. The minimum atomic E-state index is 0.280. The Labute approximate surface area is 116 Å². The lowest BCUT2D eigenvalue weighted by Gasteiger charge is -2.33. The number of ether oxygens (including phenoxy) is 1. The summed E-state index contributed by atoms with van der Waals surface area (Å²) in [5.41, 5.74) is 2.59. The molecule has 0 bridgehead atoms. The van der Waals surface area contributed by atoms with Crippen LogP contribution in [0.5, 0.6) is 6.01 Å². The van der Waals surface area contributed by atoms with E-state index >= 15 is 0 Å². The summed E-state index contributed by atoms with van der Waals surface area (Å²) in [7, 11) is 1.92. The number of rotatable bonds is 4. The molecule has 1 aliphatic rings. The summed E-state index contributed by atoms with van der Waals surface area (Å²) >= 11 is 0. The fourth-order valence-electron chi connectivity index (χ4n) is 2.53. The standard InChI is InChI=1S/C15H25N3O/c1-11-12(9-16-4)10-17-14(18-11)19-13-5-7-15(2,3)8-6-13/h10,13,16H,5-9H2,1-4H3. The smallest absolute Gasteiger partial charge is 0.316 e. The maximum atomic E-state index is 5.92. The molecule has 0 aliphatic heterocycles. The zero-order valence-corrected chi connectivity index (χ0v) is 12.5. The number of hydrogen-bond acceptors (Lipinski definition) is 4. The van der Waals surface area contributed by atoms with Crippen LogP contribution < -0.4 is 10.1 Å². The first-order valence-corrected chi connectivity index (χ1v) is 7.14. The predicted octanol–water partition coefficient (Wildman–Crippen LogP) is 2.85. The molecular formula is C15H25N3O. The van der Waals surface area contributed by atoms with E-state index in [1.807, 2.05) is 20.2 Å². The number of aryl methyl sites for hydroxylation is 1. The van der Waals surface area contributed by atoms with Crippen molar-refractivity contribution in [3.63, 3.8) is 0 Å². The van der Waals surface area contributed by atoms with Crippen molar-refractivity contribution < 1.29 is 4.74 Å². The van der Waals surface area contributed by atoms with Gasteiger partial charge in [-0.25, -0.2) is 9.97 Å². The van der Waals surface area contributed by atoms with Gasteiger partial charge in [-0.3, -0.25) is 0 Å². The van der Waals surface area contributed by atoms with Gasteiger partial charge in [0.25, 0.3) is 0 Å². The van der Waals surface area contributed by atoms with Gasteiger partial charge < -0.3 is 10.1 Å². The highest BCUT2D eigenvalue weighted by atomic mass is 16.5. The highest BCUT2D eigenvalue weighted by Crippen LogP contribution is 2.36. The molecule has 0 atom stereocenters. The topological polar surface area (TPSA) is 47.0 Å². The van der Waals surface area contributed by atoms with Crippen LogP contribution in [0.15, 0.2) is 6.20 Å². The van der Waals surface area contributed by atoms with Crippen molar-refractivity contribution in [2.45, 2.75) is 59.1 Å². The molecule has 1 aromatic rings. The van der Waals surface area contributed by atoms with E-state index in [-0.39, 0.29) is 6.10 Å². The monoisotopic (exact) mass is 263 g/mol. The number of nitrogens with one attached hydrogen (secondary N) is 1. The van der Waals surface area contributed by atoms with Crippen molar-refractivity contribution in [3.05, 3.63) is 17.5 Å². The van der Waals surface area contributed by atoms with Crippen LogP contribution in [0.2, 0.25) is 0 Å². The molecule has 4 nitrogen and oxygen atoms in total. The molecule has 1 N–H and O–H groups in total. The van der Waals surface area contributed by atoms with Crippen molar-refractivity contribution >= 4 is 0 Å². The van der Waals surface area contributed by atoms with Gasteiger partial charge in [-0.2, -0.15) is 0 Å². The molecule has 1 aromatic heterocycles. The fraction of sp³-hybridized carbons (Fsp3) is 0.733. The van der Waals surface area contributed by atoms with E-state index in [4.69, 9.17) is 4.74 Å². The summed E-state index contributed by atoms with van der Waals surface area (Å²) in [5, 5.41) is 3.11. The summed E-state index contributed by atoms with van der Waals surface area (Å²) in [6.07, 6.45) is 6.79. The van der Waals surface area contributed by atoms with Gasteiger partial charge in [0, 0.05) is 24.0 Å². The van der Waals surface area contributed by atoms with E-state index in [1.165, 1.54) is 12.8 Å². The van der Waals surface area contributed by atoms with Crippen molar-refractivity contribution in [3.8, 4) is 6.01 Å². The second-order valence-corrected chi connectivity index (χ2v) is 6.27. The first-order chi connectivity index (χ1) is 9.00. The molecule has 0 amide bonds.